The number of quaternary nitrogens is 1. The molecule has 96 valence electrons. The van der Waals surface area contributed by atoms with E-state index in [9.17, 15) is 0 Å². The molecule has 0 unspecified atom stereocenters. The lowest BCUT2D eigenvalue weighted by molar-refractivity contribution is -0.908. The van der Waals surface area contributed by atoms with Crippen molar-refractivity contribution in [3.8, 4) is 0 Å². The van der Waals surface area contributed by atoms with Crippen LogP contribution in [0.15, 0.2) is 11.6 Å². The van der Waals surface area contributed by atoms with Crippen molar-refractivity contribution < 1.29 is 9.64 Å². The molecule has 0 aromatic rings. The van der Waals surface area contributed by atoms with Crippen molar-refractivity contribution >= 4 is 0 Å². The van der Waals surface area contributed by atoms with Crippen LogP contribution in [0, 0.1) is 11.8 Å². The number of fused-ring (bicyclic) bond motifs is 2. The number of hydrogen-bond donors (Lipinski definition) is 1. The van der Waals surface area contributed by atoms with Crippen LogP contribution in [0.3, 0.4) is 0 Å². The highest BCUT2D eigenvalue weighted by Gasteiger charge is 2.36. The zero-order chi connectivity index (χ0) is 11.7. The molecule has 0 radical (unpaired) electrons. The standard InChI is InChI=1S/C15H25NO/c1-12-5-6-13-9-14(12)15(17-11-13)10-16-7-3-2-4-8-16/h5,13-15H,2-4,6-11H2,1H3/p+1/t13-,14-,15-/m1/s1. The molecular weight excluding hydrogens is 210 g/mol. The van der Waals surface area contributed by atoms with E-state index in [1.807, 2.05) is 0 Å². The normalized spacial score (nSPS) is 38.9. The fourth-order valence-electron chi connectivity index (χ4n) is 3.84. The Morgan fingerprint density at radius 2 is 2.12 bits per heavy atom. The predicted octanol–water partition coefficient (Wildman–Crippen LogP) is 1.43. The molecule has 2 bridgehead atoms. The van der Waals surface area contributed by atoms with Gasteiger partial charge in [0, 0.05) is 5.92 Å². The quantitative estimate of drug-likeness (QED) is 0.716. The Balaban J connectivity index is 1.62. The number of hydrogen-bond acceptors (Lipinski definition) is 1. The van der Waals surface area contributed by atoms with E-state index in [1.165, 1.54) is 51.7 Å². The molecule has 2 heteroatoms. The van der Waals surface area contributed by atoms with Crippen molar-refractivity contribution in [1.29, 1.82) is 0 Å². The molecule has 0 saturated carbocycles. The molecule has 1 aliphatic carbocycles. The molecule has 2 nitrogen and oxygen atoms in total. The van der Waals surface area contributed by atoms with Gasteiger partial charge in [-0.2, -0.15) is 0 Å². The second-order valence-electron chi connectivity index (χ2n) is 6.28. The van der Waals surface area contributed by atoms with E-state index < -0.39 is 0 Å². The Morgan fingerprint density at radius 1 is 1.29 bits per heavy atom. The lowest BCUT2D eigenvalue weighted by atomic mass is 9.77. The van der Waals surface area contributed by atoms with E-state index in [0.717, 1.165) is 18.4 Å². The lowest BCUT2D eigenvalue weighted by Crippen LogP contribution is -3.14. The van der Waals surface area contributed by atoms with Crippen LogP contribution in [-0.4, -0.2) is 32.3 Å². The van der Waals surface area contributed by atoms with Crippen LogP contribution in [0.2, 0.25) is 0 Å². The first-order valence-corrected chi connectivity index (χ1v) is 7.45. The van der Waals surface area contributed by atoms with Gasteiger partial charge in [-0.3, -0.25) is 0 Å². The monoisotopic (exact) mass is 236 g/mol. The molecule has 0 amide bonds. The number of nitrogens with one attached hydrogen (secondary N) is 1. The number of piperidine rings is 1. The molecular formula is C15H26NO+. The highest BCUT2D eigenvalue weighted by molar-refractivity contribution is 5.12. The van der Waals surface area contributed by atoms with E-state index in [0.29, 0.717) is 6.10 Å². The highest BCUT2D eigenvalue weighted by Crippen LogP contribution is 2.36. The second-order valence-corrected chi connectivity index (χ2v) is 6.28. The van der Waals surface area contributed by atoms with E-state index in [2.05, 4.69) is 13.0 Å². The smallest absolute Gasteiger partial charge is 0.113 e. The fraction of sp³-hybridized carbons (Fsp3) is 0.867. The van der Waals surface area contributed by atoms with E-state index in [-0.39, 0.29) is 0 Å². The Hall–Kier alpha value is -0.340. The molecule has 1 N–H and O–H groups in total. The van der Waals surface area contributed by atoms with Gasteiger partial charge in [0.15, 0.2) is 0 Å². The zero-order valence-corrected chi connectivity index (χ0v) is 11.1. The van der Waals surface area contributed by atoms with Gasteiger partial charge in [-0.05, 0) is 44.9 Å². The Labute approximate surface area is 105 Å². The van der Waals surface area contributed by atoms with Gasteiger partial charge in [-0.25, -0.2) is 0 Å². The Bertz CT molecular complexity index is 293. The topological polar surface area (TPSA) is 13.7 Å². The molecule has 3 aliphatic rings. The highest BCUT2D eigenvalue weighted by atomic mass is 16.5. The summed E-state index contributed by atoms with van der Waals surface area (Å²) in [6.07, 6.45) is 9.91. The van der Waals surface area contributed by atoms with E-state index in [4.69, 9.17) is 4.74 Å². The maximum absolute atomic E-state index is 6.16. The minimum Gasteiger partial charge on any atom is -0.371 e. The summed E-state index contributed by atoms with van der Waals surface area (Å²) in [6.45, 7) is 7.33. The summed E-state index contributed by atoms with van der Waals surface area (Å²) in [7, 11) is 0. The van der Waals surface area contributed by atoms with E-state index >= 15 is 0 Å². The van der Waals surface area contributed by atoms with Crippen LogP contribution in [0.5, 0.6) is 0 Å². The lowest BCUT2D eigenvalue weighted by Gasteiger charge is -2.41. The fourth-order valence-corrected chi connectivity index (χ4v) is 3.84. The van der Waals surface area contributed by atoms with Gasteiger partial charge in [0.05, 0.1) is 19.7 Å². The van der Waals surface area contributed by atoms with Crippen LogP contribution in [-0.2, 0) is 4.74 Å². The molecule has 3 atom stereocenters. The van der Waals surface area contributed by atoms with Gasteiger partial charge >= 0.3 is 0 Å². The largest absolute Gasteiger partial charge is 0.371 e. The summed E-state index contributed by atoms with van der Waals surface area (Å²) in [5.74, 6) is 1.55. The summed E-state index contributed by atoms with van der Waals surface area (Å²) in [6, 6.07) is 0. The van der Waals surface area contributed by atoms with Crippen molar-refractivity contribution in [3.63, 3.8) is 0 Å². The third-order valence-corrected chi connectivity index (χ3v) is 4.99. The molecule has 0 aromatic carbocycles. The van der Waals surface area contributed by atoms with Gasteiger partial charge in [-0.1, -0.05) is 11.6 Å². The second kappa shape index (κ2) is 5.11. The van der Waals surface area contributed by atoms with Gasteiger partial charge in [0.25, 0.3) is 0 Å². The molecule has 2 fully saturated rings. The number of likely N-dealkylation sites (tertiary alicyclic amines) is 1. The summed E-state index contributed by atoms with van der Waals surface area (Å²) >= 11 is 0. The zero-order valence-electron chi connectivity index (χ0n) is 11.1. The third-order valence-electron chi connectivity index (χ3n) is 4.99. The molecule has 2 aliphatic heterocycles. The van der Waals surface area contributed by atoms with Crippen LogP contribution in [0.4, 0.5) is 0 Å². The third kappa shape index (κ3) is 2.58. The Morgan fingerprint density at radius 3 is 2.94 bits per heavy atom. The van der Waals surface area contributed by atoms with Crippen molar-refractivity contribution in [1.82, 2.24) is 0 Å². The van der Waals surface area contributed by atoms with E-state index in [1.54, 1.807) is 10.5 Å². The number of rotatable bonds is 2. The van der Waals surface area contributed by atoms with Crippen LogP contribution >= 0.6 is 0 Å². The first kappa shape index (κ1) is 11.7. The van der Waals surface area contributed by atoms with Gasteiger partial charge in [0.1, 0.15) is 12.6 Å². The predicted molar refractivity (Wildman–Crippen MR) is 69.1 cm³/mol. The Kier molecular flexibility index (Phi) is 3.53. The average Bonchev–Trinajstić information content (AvgIpc) is 2.38. The first-order chi connectivity index (χ1) is 8.33. The minimum atomic E-state index is 0.510. The van der Waals surface area contributed by atoms with Gasteiger partial charge in [-0.15, -0.1) is 0 Å². The number of allylic oxidation sites excluding steroid dienone is 1. The first-order valence-electron chi connectivity index (χ1n) is 7.45. The molecule has 17 heavy (non-hydrogen) atoms. The molecule has 3 rings (SSSR count). The summed E-state index contributed by atoms with van der Waals surface area (Å²) in [4.78, 5) is 1.79. The summed E-state index contributed by atoms with van der Waals surface area (Å²) < 4.78 is 6.16. The molecule has 2 saturated heterocycles. The van der Waals surface area contributed by atoms with Crippen LogP contribution in [0.1, 0.15) is 39.0 Å². The van der Waals surface area contributed by atoms with Crippen LogP contribution in [0.25, 0.3) is 0 Å². The molecule has 0 aromatic heterocycles. The maximum Gasteiger partial charge on any atom is 0.113 e. The molecule has 0 spiro atoms. The summed E-state index contributed by atoms with van der Waals surface area (Å²) in [5.41, 5.74) is 1.60. The molecule has 2 heterocycles. The van der Waals surface area contributed by atoms with Crippen molar-refractivity contribution in [2.24, 2.45) is 11.8 Å². The van der Waals surface area contributed by atoms with Gasteiger partial charge in [0.2, 0.25) is 0 Å². The number of ether oxygens (including phenoxy) is 1. The van der Waals surface area contributed by atoms with Crippen molar-refractivity contribution in [2.45, 2.75) is 45.1 Å². The SMILES string of the molecule is CC1=CC[C@H]2CO[C@H](C[NH+]3CCCCC3)[C@@H]1C2. The minimum absolute atomic E-state index is 0.510. The average molecular weight is 236 g/mol. The summed E-state index contributed by atoms with van der Waals surface area (Å²) in [5, 5.41) is 0. The van der Waals surface area contributed by atoms with Gasteiger partial charge < -0.3 is 9.64 Å². The van der Waals surface area contributed by atoms with Crippen LogP contribution < -0.4 is 4.90 Å². The maximum atomic E-state index is 6.16. The van der Waals surface area contributed by atoms with Crippen molar-refractivity contribution in [3.05, 3.63) is 11.6 Å². The van der Waals surface area contributed by atoms with Crippen molar-refractivity contribution in [2.75, 3.05) is 26.2 Å².